The molecule has 0 unspecified atom stereocenters. The fourth-order valence-corrected chi connectivity index (χ4v) is 3.23. The normalized spacial score (nSPS) is 11.1. The highest BCUT2D eigenvalue weighted by atomic mass is 79.9. The Bertz CT molecular complexity index is 1100. The summed E-state index contributed by atoms with van der Waals surface area (Å²) in [7, 11) is 1.23. The lowest BCUT2D eigenvalue weighted by Gasteiger charge is -2.14. The summed E-state index contributed by atoms with van der Waals surface area (Å²) in [6.45, 7) is 0. The van der Waals surface area contributed by atoms with Gasteiger partial charge in [0.2, 0.25) is 0 Å². The molecule has 1 amide bonds. The Hall–Kier alpha value is -3.13. The Kier molecular flexibility index (Phi) is 6.26. The zero-order chi connectivity index (χ0) is 21.9. The highest BCUT2D eigenvalue weighted by Crippen LogP contribution is 2.32. The zero-order valence-electron chi connectivity index (χ0n) is 15.6. The van der Waals surface area contributed by atoms with Crippen molar-refractivity contribution in [2.75, 3.05) is 12.4 Å². The summed E-state index contributed by atoms with van der Waals surface area (Å²) in [5, 5.41) is 2.67. The third-order valence-corrected chi connectivity index (χ3v) is 4.82. The van der Waals surface area contributed by atoms with Gasteiger partial charge < -0.3 is 10.1 Å². The number of halogens is 4. The first-order valence-electron chi connectivity index (χ1n) is 8.66. The highest BCUT2D eigenvalue weighted by molar-refractivity contribution is 9.10. The number of esters is 1. The molecule has 154 valence electrons. The van der Waals surface area contributed by atoms with Crippen molar-refractivity contribution in [1.82, 2.24) is 0 Å². The van der Waals surface area contributed by atoms with E-state index in [1.54, 1.807) is 36.4 Å². The smallest absolute Gasteiger partial charge is 0.416 e. The number of nitrogens with one attached hydrogen (secondary N) is 1. The Morgan fingerprint density at radius 3 is 2.23 bits per heavy atom. The van der Waals surface area contributed by atoms with Gasteiger partial charge in [-0.3, -0.25) is 4.79 Å². The van der Waals surface area contributed by atoms with Crippen LogP contribution in [0.5, 0.6) is 0 Å². The molecule has 0 aliphatic heterocycles. The summed E-state index contributed by atoms with van der Waals surface area (Å²) in [6, 6.07) is 15.8. The molecule has 3 aromatic rings. The van der Waals surface area contributed by atoms with Crippen LogP contribution in [0.1, 0.15) is 26.3 Å². The standard InChI is InChI=1S/C22H15BrF3NO3/c1-30-21(29)18-12-15(23)10-11-19(18)27-20(28)17-5-3-2-4-16(17)13-6-8-14(9-7-13)22(24,25)26/h2-12H,1H3,(H,27,28). The number of benzene rings is 3. The summed E-state index contributed by atoms with van der Waals surface area (Å²) in [6.07, 6.45) is -4.44. The molecule has 3 rings (SSSR count). The van der Waals surface area contributed by atoms with Gasteiger partial charge in [0, 0.05) is 10.0 Å². The van der Waals surface area contributed by atoms with Crippen molar-refractivity contribution in [3.05, 3.63) is 87.9 Å². The van der Waals surface area contributed by atoms with E-state index in [4.69, 9.17) is 4.74 Å². The molecular formula is C22H15BrF3NO3. The quantitative estimate of drug-likeness (QED) is 0.456. The predicted octanol–water partition coefficient (Wildman–Crippen LogP) is 6.17. The van der Waals surface area contributed by atoms with Crippen LogP contribution in [0.4, 0.5) is 18.9 Å². The third-order valence-electron chi connectivity index (χ3n) is 4.33. The number of amides is 1. The van der Waals surface area contributed by atoms with E-state index >= 15 is 0 Å². The van der Waals surface area contributed by atoms with Gasteiger partial charge in [0.15, 0.2) is 0 Å². The van der Waals surface area contributed by atoms with Gasteiger partial charge >= 0.3 is 12.1 Å². The molecule has 0 saturated heterocycles. The lowest BCUT2D eigenvalue weighted by molar-refractivity contribution is -0.137. The lowest BCUT2D eigenvalue weighted by Crippen LogP contribution is -2.16. The van der Waals surface area contributed by atoms with Crippen molar-refractivity contribution in [1.29, 1.82) is 0 Å². The molecule has 8 heteroatoms. The lowest BCUT2D eigenvalue weighted by atomic mass is 9.98. The average molecular weight is 478 g/mol. The maximum Gasteiger partial charge on any atom is 0.416 e. The minimum absolute atomic E-state index is 0.159. The van der Waals surface area contributed by atoms with E-state index in [2.05, 4.69) is 21.2 Å². The number of anilines is 1. The molecule has 0 aliphatic rings. The predicted molar refractivity (Wildman–Crippen MR) is 110 cm³/mol. The van der Waals surface area contributed by atoms with E-state index in [1.807, 2.05) is 0 Å². The fourth-order valence-electron chi connectivity index (χ4n) is 2.87. The van der Waals surface area contributed by atoms with Crippen LogP contribution in [-0.2, 0) is 10.9 Å². The first-order valence-corrected chi connectivity index (χ1v) is 9.46. The van der Waals surface area contributed by atoms with Crippen LogP contribution >= 0.6 is 15.9 Å². The van der Waals surface area contributed by atoms with Crippen LogP contribution in [0.25, 0.3) is 11.1 Å². The number of methoxy groups -OCH3 is 1. The maximum absolute atomic E-state index is 12.9. The Morgan fingerprint density at radius 1 is 0.933 bits per heavy atom. The van der Waals surface area contributed by atoms with Crippen molar-refractivity contribution in [2.45, 2.75) is 6.18 Å². The van der Waals surface area contributed by atoms with E-state index in [-0.39, 0.29) is 16.8 Å². The van der Waals surface area contributed by atoms with Gasteiger partial charge in [0.25, 0.3) is 5.91 Å². The fraction of sp³-hybridized carbons (Fsp3) is 0.0909. The summed E-state index contributed by atoms with van der Waals surface area (Å²) >= 11 is 3.27. The van der Waals surface area contributed by atoms with E-state index in [1.165, 1.54) is 25.3 Å². The van der Waals surface area contributed by atoms with E-state index in [0.29, 0.717) is 15.6 Å². The van der Waals surface area contributed by atoms with E-state index in [9.17, 15) is 22.8 Å². The Labute approximate surface area is 178 Å². The van der Waals surface area contributed by atoms with Crippen LogP contribution < -0.4 is 5.32 Å². The number of rotatable bonds is 4. The number of hydrogen-bond acceptors (Lipinski definition) is 3. The first-order chi connectivity index (χ1) is 14.2. The number of carbonyl (C=O) groups excluding carboxylic acids is 2. The van der Waals surface area contributed by atoms with E-state index in [0.717, 1.165) is 12.1 Å². The van der Waals surface area contributed by atoms with Crippen LogP contribution in [0, 0.1) is 0 Å². The van der Waals surface area contributed by atoms with Crippen molar-refractivity contribution in [3.8, 4) is 11.1 Å². The molecule has 0 saturated carbocycles. The summed E-state index contributed by atoms with van der Waals surface area (Å²) in [4.78, 5) is 24.9. The second-order valence-corrected chi connectivity index (χ2v) is 7.17. The SMILES string of the molecule is COC(=O)c1cc(Br)ccc1NC(=O)c1ccccc1-c1ccc(C(F)(F)F)cc1. The molecule has 0 bridgehead atoms. The monoisotopic (exact) mass is 477 g/mol. The number of ether oxygens (including phenoxy) is 1. The van der Waals surface area contributed by atoms with Gasteiger partial charge in [0.05, 0.1) is 23.9 Å². The van der Waals surface area contributed by atoms with Gasteiger partial charge in [-0.1, -0.05) is 46.3 Å². The summed E-state index contributed by atoms with van der Waals surface area (Å²) in [5.74, 6) is -1.14. The Balaban J connectivity index is 1.95. The average Bonchev–Trinajstić information content (AvgIpc) is 2.73. The largest absolute Gasteiger partial charge is 0.465 e. The highest BCUT2D eigenvalue weighted by Gasteiger charge is 2.30. The third kappa shape index (κ3) is 4.71. The number of hydrogen-bond donors (Lipinski definition) is 1. The zero-order valence-corrected chi connectivity index (χ0v) is 17.2. The number of alkyl halides is 3. The van der Waals surface area contributed by atoms with Gasteiger partial charge in [-0.25, -0.2) is 4.79 Å². The maximum atomic E-state index is 12.9. The molecule has 3 aromatic carbocycles. The molecule has 4 nitrogen and oxygen atoms in total. The number of carbonyl (C=O) groups is 2. The molecule has 0 aliphatic carbocycles. The van der Waals surface area contributed by atoms with Crippen LogP contribution in [0.2, 0.25) is 0 Å². The molecule has 0 heterocycles. The Morgan fingerprint density at radius 2 is 1.60 bits per heavy atom. The van der Waals surface area contributed by atoms with Crippen molar-refractivity contribution in [3.63, 3.8) is 0 Å². The first kappa shape index (κ1) is 21.6. The summed E-state index contributed by atoms with van der Waals surface area (Å²) < 4.78 is 43.9. The minimum Gasteiger partial charge on any atom is -0.465 e. The van der Waals surface area contributed by atoms with Crippen LogP contribution in [0.3, 0.4) is 0 Å². The van der Waals surface area contributed by atoms with Crippen molar-refractivity contribution < 1.29 is 27.5 Å². The van der Waals surface area contributed by atoms with Crippen molar-refractivity contribution >= 4 is 33.5 Å². The second kappa shape index (κ2) is 8.71. The molecule has 0 spiro atoms. The second-order valence-electron chi connectivity index (χ2n) is 6.26. The van der Waals surface area contributed by atoms with Gasteiger partial charge in [-0.15, -0.1) is 0 Å². The van der Waals surface area contributed by atoms with Crippen molar-refractivity contribution in [2.24, 2.45) is 0 Å². The van der Waals surface area contributed by atoms with E-state index < -0.39 is 23.6 Å². The molecule has 0 radical (unpaired) electrons. The van der Waals surface area contributed by atoms with Gasteiger partial charge in [-0.05, 0) is 47.5 Å². The van der Waals surface area contributed by atoms with Gasteiger partial charge in [-0.2, -0.15) is 13.2 Å². The molecule has 0 atom stereocenters. The molecule has 30 heavy (non-hydrogen) atoms. The molecule has 1 N–H and O–H groups in total. The molecular weight excluding hydrogens is 463 g/mol. The van der Waals surface area contributed by atoms with Crippen LogP contribution in [0.15, 0.2) is 71.2 Å². The van der Waals surface area contributed by atoms with Gasteiger partial charge in [0.1, 0.15) is 0 Å². The minimum atomic E-state index is -4.44. The molecule has 0 aromatic heterocycles. The van der Waals surface area contributed by atoms with Crippen LogP contribution in [-0.4, -0.2) is 19.0 Å². The summed E-state index contributed by atoms with van der Waals surface area (Å²) in [5.41, 5.74) is 0.796. The molecule has 0 fully saturated rings. The topological polar surface area (TPSA) is 55.4 Å².